The fourth-order valence-corrected chi connectivity index (χ4v) is 3.65. The van der Waals surface area contributed by atoms with Crippen LogP contribution in [-0.2, 0) is 11.8 Å². The number of hydrogen-bond acceptors (Lipinski definition) is 3. The fourth-order valence-electron chi connectivity index (χ4n) is 3.65. The lowest BCUT2D eigenvalue weighted by Crippen LogP contribution is -2.40. The van der Waals surface area contributed by atoms with Gasteiger partial charge in [-0.25, -0.2) is 0 Å². The van der Waals surface area contributed by atoms with E-state index in [9.17, 15) is 4.79 Å². The third-order valence-electron chi connectivity index (χ3n) is 4.65. The Hall–Kier alpha value is -1.36. The van der Waals surface area contributed by atoms with Gasteiger partial charge in [-0.15, -0.1) is 0 Å². The Bertz CT molecular complexity index is 472. The fraction of sp³-hybridized carbons (Fsp3) is 0.733. The molecule has 5 nitrogen and oxygen atoms in total. The molecule has 2 aliphatic heterocycles. The van der Waals surface area contributed by atoms with E-state index < -0.39 is 0 Å². The molecule has 1 aromatic rings. The molecule has 3 heterocycles. The van der Waals surface area contributed by atoms with Gasteiger partial charge in [-0.1, -0.05) is 0 Å². The number of nitrogens with zero attached hydrogens (tertiary/aromatic N) is 2. The van der Waals surface area contributed by atoms with E-state index in [2.05, 4.69) is 15.7 Å². The summed E-state index contributed by atoms with van der Waals surface area (Å²) < 4.78 is 1.77. The standard InChI is InChI=1S/C15H24N4O/c1-10(12-8-16-19(2)9-12)17-15(20)7-11-5-13-3-4-14(6-11)18-13/h8-11,13-14,18H,3-7H2,1-2H3,(H,17,20). The number of amides is 1. The van der Waals surface area contributed by atoms with Gasteiger partial charge in [0.2, 0.25) is 5.91 Å². The quantitative estimate of drug-likeness (QED) is 0.876. The van der Waals surface area contributed by atoms with Gasteiger partial charge in [-0.3, -0.25) is 9.48 Å². The zero-order valence-electron chi connectivity index (χ0n) is 12.3. The molecule has 5 heteroatoms. The molecule has 0 spiro atoms. The van der Waals surface area contributed by atoms with Crippen LogP contribution in [0.25, 0.3) is 0 Å². The Kier molecular flexibility index (Phi) is 3.78. The van der Waals surface area contributed by atoms with E-state index in [1.165, 1.54) is 12.8 Å². The minimum Gasteiger partial charge on any atom is -0.349 e. The van der Waals surface area contributed by atoms with E-state index in [0.717, 1.165) is 18.4 Å². The molecule has 0 saturated carbocycles. The summed E-state index contributed by atoms with van der Waals surface area (Å²) in [5.41, 5.74) is 1.06. The second kappa shape index (κ2) is 5.56. The van der Waals surface area contributed by atoms with Gasteiger partial charge in [-0.2, -0.15) is 5.10 Å². The third-order valence-corrected chi connectivity index (χ3v) is 4.65. The summed E-state index contributed by atoms with van der Waals surface area (Å²) >= 11 is 0. The number of carbonyl (C=O) groups is 1. The molecule has 20 heavy (non-hydrogen) atoms. The first-order valence-electron chi connectivity index (χ1n) is 7.64. The molecular weight excluding hydrogens is 252 g/mol. The van der Waals surface area contributed by atoms with Crippen molar-refractivity contribution in [3.8, 4) is 0 Å². The highest BCUT2D eigenvalue weighted by Crippen LogP contribution is 2.32. The van der Waals surface area contributed by atoms with Crippen LogP contribution in [-0.4, -0.2) is 27.8 Å². The van der Waals surface area contributed by atoms with Crippen LogP contribution in [0.3, 0.4) is 0 Å². The van der Waals surface area contributed by atoms with Crippen molar-refractivity contribution in [3.05, 3.63) is 18.0 Å². The molecule has 0 radical (unpaired) electrons. The van der Waals surface area contributed by atoms with Crippen LogP contribution in [0.2, 0.25) is 0 Å². The van der Waals surface area contributed by atoms with E-state index in [4.69, 9.17) is 0 Å². The van der Waals surface area contributed by atoms with Gasteiger partial charge >= 0.3 is 0 Å². The first-order valence-corrected chi connectivity index (χ1v) is 7.64. The van der Waals surface area contributed by atoms with Gasteiger partial charge in [0.25, 0.3) is 0 Å². The molecular formula is C15H24N4O. The molecule has 2 aliphatic rings. The van der Waals surface area contributed by atoms with Crippen LogP contribution in [0.5, 0.6) is 0 Å². The van der Waals surface area contributed by atoms with E-state index in [1.807, 2.05) is 26.4 Å². The van der Waals surface area contributed by atoms with Gasteiger partial charge < -0.3 is 10.6 Å². The largest absolute Gasteiger partial charge is 0.349 e. The number of nitrogens with one attached hydrogen (secondary N) is 2. The molecule has 3 atom stereocenters. The summed E-state index contributed by atoms with van der Waals surface area (Å²) in [6.45, 7) is 2.01. The SMILES string of the molecule is CC(NC(=O)CC1CC2CCC(C1)N2)c1cnn(C)c1. The zero-order valence-corrected chi connectivity index (χ0v) is 12.3. The van der Waals surface area contributed by atoms with Crippen LogP contribution in [0.4, 0.5) is 0 Å². The van der Waals surface area contributed by atoms with Gasteiger partial charge in [0, 0.05) is 37.3 Å². The smallest absolute Gasteiger partial charge is 0.220 e. The Morgan fingerprint density at radius 2 is 2.20 bits per heavy atom. The molecule has 110 valence electrons. The highest BCUT2D eigenvalue weighted by Gasteiger charge is 2.34. The molecule has 0 aromatic carbocycles. The Labute approximate surface area is 120 Å². The van der Waals surface area contributed by atoms with E-state index in [1.54, 1.807) is 4.68 Å². The summed E-state index contributed by atoms with van der Waals surface area (Å²) in [7, 11) is 1.89. The number of aryl methyl sites for hydroxylation is 1. The van der Waals surface area contributed by atoms with Gasteiger partial charge in [0.05, 0.1) is 12.2 Å². The molecule has 2 saturated heterocycles. The van der Waals surface area contributed by atoms with Crippen molar-refractivity contribution in [2.45, 2.75) is 57.2 Å². The van der Waals surface area contributed by atoms with Crippen molar-refractivity contribution in [1.29, 1.82) is 0 Å². The van der Waals surface area contributed by atoms with Crippen LogP contribution in [0.1, 0.15) is 50.6 Å². The van der Waals surface area contributed by atoms with Crippen LogP contribution in [0, 0.1) is 5.92 Å². The molecule has 2 bridgehead atoms. The Morgan fingerprint density at radius 1 is 1.50 bits per heavy atom. The molecule has 3 unspecified atom stereocenters. The van der Waals surface area contributed by atoms with Crippen molar-refractivity contribution >= 4 is 5.91 Å². The second-order valence-corrected chi connectivity index (χ2v) is 6.42. The number of hydrogen-bond donors (Lipinski definition) is 2. The predicted molar refractivity (Wildman–Crippen MR) is 77.1 cm³/mol. The first kappa shape index (κ1) is 13.6. The number of fused-ring (bicyclic) bond motifs is 2. The van der Waals surface area contributed by atoms with Crippen LogP contribution in [0.15, 0.2) is 12.4 Å². The van der Waals surface area contributed by atoms with Gasteiger partial charge in [0.1, 0.15) is 0 Å². The third kappa shape index (κ3) is 3.03. The maximum absolute atomic E-state index is 12.2. The highest BCUT2D eigenvalue weighted by atomic mass is 16.1. The number of carbonyl (C=O) groups excluding carboxylic acids is 1. The lowest BCUT2D eigenvalue weighted by atomic mass is 9.89. The average Bonchev–Trinajstić information content (AvgIpc) is 2.95. The topological polar surface area (TPSA) is 59.0 Å². The van der Waals surface area contributed by atoms with Crippen LogP contribution >= 0.6 is 0 Å². The summed E-state index contributed by atoms with van der Waals surface area (Å²) in [6, 6.07) is 1.35. The Balaban J connectivity index is 1.49. The first-order chi connectivity index (χ1) is 9.60. The predicted octanol–water partition coefficient (Wildman–Crippen LogP) is 1.52. The Morgan fingerprint density at radius 3 is 2.80 bits per heavy atom. The molecule has 2 fully saturated rings. The maximum Gasteiger partial charge on any atom is 0.220 e. The monoisotopic (exact) mass is 276 g/mol. The van der Waals surface area contributed by atoms with E-state index in [0.29, 0.717) is 24.4 Å². The van der Waals surface area contributed by atoms with E-state index >= 15 is 0 Å². The summed E-state index contributed by atoms with van der Waals surface area (Å²) in [6.07, 6.45) is 9.32. The lowest BCUT2D eigenvalue weighted by Gasteiger charge is -2.29. The number of rotatable bonds is 4. The molecule has 0 aliphatic carbocycles. The summed E-state index contributed by atoms with van der Waals surface area (Å²) in [5.74, 6) is 0.725. The van der Waals surface area contributed by atoms with Crippen molar-refractivity contribution in [2.24, 2.45) is 13.0 Å². The number of piperidine rings is 1. The number of aromatic nitrogens is 2. The van der Waals surface area contributed by atoms with E-state index in [-0.39, 0.29) is 11.9 Å². The normalized spacial score (nSPS) is 30.2. The van der Waals surface area contributed by atoms with Crippen molar-refractivity contribution in [2.75, 3.05) is 0 Å². The van der Waals surface area contributed by atoms with Crippen molar-refractivity contribution in [1.82, 2.24) is 20.4 Å². The molecule has 3 rings (SSSR count). The second-order valence-electron chi connectivity index (χ2n) is 6.42. The van der Waals surface area contributed by atoms with Gasteiger partial charge in [0.15, 0.2) is 0 Å². The zero-order chi connectivity index (χ0) is 14.1. The maximum atomic E-state index is 12.2. The highest BCUT2D eigenvalue weighted by molar-refractivity contribution is 5.76. The lowest BCUT2D eigenvalue weighted by molar-refractivity contribution is -0.122. The molecule has 1 aromatic heterocycles. The molecule has 1 amide bonds. The minimum atomic E-state index is 0.0367. The van der Waals surface area contributed by atoms with Gasteiger partial charge in [-0.05, 0) is 38.5 Å². The van der Waals surface area contributed by atoms with Crippen molar-refractivity contribution in [3.63, 3.8) is 0 Å². The minimum absolute atomic E-state index is 0.0367. The average molecular weight is 276 g/mol. The van der Waals surface area contributed by atoms with Crippen molar-refractivity contribution < 1.29 is 4.79 Å². The summed E-state index contributed by atoms with van der Waals surface area (Å²) in [5, 5.41) is 10.9. The molecule has 2 N–H and O–H groups in total. The summed E-state index contributed by atoms with van der Waals surface area (Å²) in [4.78, 5) is 12.2. The van der Waals surface area contributed by atoms with Crippen LogP contribution < -0.4 is 10.6 Å².